The Kier molecular flexibility index (Phi) is 5.97. The molecule has 2 heterocycles. The van der Waals surface area contributed by atoms with Crippen LogP contribution in [0.1, 0.15) is 79.6 Å². The third kappa shape index (κ3) is 4.42. The van der Waals surface area contributed by atoms with Gasteiger partial charge in [-0.25, -0.2) is 17.0 Å². The normalized spacial score (nSPS) is 35.7. The molecule has 4 aliphatic rings. The molecule has 186 valence electrons. The maximum Gasteiger partial charge on any atom is 0.151 e. The van der Waals surface area contributed by atoms with Gasteiger partial charge in [-0.3, -0.25) is 0 Å². The van der Waals surface area contributed by atoms with Crippen molar-refractivity contribution < 1.29 is 22.1 Å². The minimum Gasteiger partial charge on any atom is -0.378 e. The topological polar surface area (TPSA) is 82.0 Å². The molecule has 0 bridgehead atoms. The molecule has 2 saturated heterocycles. The Hall–Kier alpha value is -0.180. The van der Waals surface area contributed by atoms with Crippen LogP contribution in [0.25, 0.3) is 0 Å². The van der Waals surface area contributed by atoms with Crippen molar-refractivity contribution in [2.24, 2.45) is 20.6 Å². The Morgan fingerprint density at radius 1 is 0.938 bits per heavy atom. The van der Waals surface area contributed by atoms with Gasteiger partial charge in [-0.2, -0.15) is 0 Å². The lowest BCUT2D eigenvalue weighted by Gasteiger charge is -2.64. The lowest BCUT2D eigenvalue weighted by atomic mass is 9.51. The van der Waals surface area contributed by atoms with E-state index in [0.717, 1.165) is 44.9 Å². The van der Waals surface area contributed by atoms with Gasteiger partial charge in [0.15, 0.2) is 9.84 Å². The molecule has 2 saturated carbocycles. The zero-order chi connectivity index (χ0) is 23.7. The quantitative estimate of drug-likeness (QED) is 0.535. The van der Waals surface area contributed by atoms with Crippen molar-refractivity contribution >= 4 is 19.6 Å². The summed E-state index contributed by atoms with van der Waals surface area (Å²) in [5, 5.41) is 0. The zero-order valence-corrected chi connectivity index (χ0v) is 22.5. The standard InChI is InChI=1S/C24H43NO5S2/c1-20(2,3)23(10-13-31(26,14-11-23)25-19-7-8-19)30-12-9-21(4,5)24(29-6)15-22(16-24)17-32(27,28)18-22/h19H,7-18H2,1-6H3. The van der Waals surface area contributed by atoms with Crippen molar-refractivity contribution in [2.75, 3.05) is 36.7 Å². The van der Waals surface area contributed by atoms with Crippen LogP contribution < -0.4 is 0 Å². The average molecular weight is 490 g/mol. The second kappa shape index (κ2) is 7.66. The van der Waals surface area contributed by atoms with Crippen LogP contribution in [-0.4, -0.2) is 66.6 Å². The van der Waals surface area contributed by atoms with Crippen molar-refractivity contribution in [3.8, 4) is 0 Å². The number of sulfone groups is 1. The van der Waals surface area contributed by atoms with Gasteiger partial charge in [0.2, 0.25) is 0 Å². The molecule has 0 aromatic rings. The Morgan fingerprint density at radius 2 is 1.50 bits per heavy atom. The largest absolute Gasteiger partial charge is 0.378 e. The smallest absolute Gasteiger partial charge is 0.151 e. The number of hydrogen-bond donors (Lipinski definition) is 0. The fraction of sp³-hybridized carbons (Fsp3) is 1.00. The molecule has 4 rings (SSSR count). The van der Waals surface area contributed by atoms with E-state index in [1.807, 2.05) is 0 Å². The number of methoxy groups -OCH3 is 1. The minimum absolute atomic E-state index is 0.0444. The summed E-state index contributed by atoms with van der Waals surface area (Å²) in [4.78, 5) is 0. The Balaban J connectivity index is 1.38. The summed E-state index contributed by atoms with van der Waals surface area (Å²) in [6.07, 6.45) is 6.27. The van der Waals surface area contributed by atoms with Gasteiger partial charge in [-0.15, -0.1) is 0 Å². The maximum atomic E-state index is 13.2. The third-order valence-corrected chi connectivity index (χ3v) is 13.5. The highest BCUT2D eigenvalue weighted by Gasteiger charge is 2.67. The van der Waals surface area contributed by atoms with Crippen molar-refractivity contribution in [3.05, 3.63) is 0 Å². The van der Waals surface area contributed by atoms with E-state index in [1.165, 1.54) is 0 Å². The zero-order valence-electron chi connectivity index (χ0n) is 20.9. The molecule has 0 N–H and O–H groups in total. The maximum absolute atomic E-state index is 13.2. The van der Waals surface area contributed by atoms with E-state index in [4.69, 9.17) is 9.47 Å². The molecule has 0 aromatic carbocycles. The molecule has 8 heteroatoms. The molecule has 0 amide bonds. The fourth-order valence-electron chi connectivity index (χ4n) is 6.43. The van der Waals surface area contributed by atoms with E-state index in [2.05, 4.69) is 39.0 Å². The molecule has 32 heavy (non-hydrogen) atoms. The van der Waals surface area contributed by atoms with Crippen molar-refractivity contribution in [1.82, 2.24) is 0 Å². The molecule has 0 unspecified atom stereocenters. The van der Waals surface area contributed by atoms with Crippen LogP contribution >= 0.6 is 0 Å². The van der Waals surface area contributed by atoms with E-state index >= 15 is 0 Å². The minimum atomic E-state index is -2.83. The van der Waals surface area contributed by atoms with Gasteiger partial charge in [0.25, 0.3) is 0 Å². The molecular formula is C24H43NO5S2. The molecule has 4 fully saturated rings. The van der Waals surface area contributed by atoms with Crippen molar-refractivity contribution in [2.45, 2.75) is 96.8 Å². The van der Waals surface area contributed by atoms with Crippen LogP contribution in [0, 0.1) is 16.2 Å². The first-order valence-electron chi connectivity index (χ1n) is 12.2. The molecule has 1 spiro atoms. The van der Waals surface area contributed by atoms with E-state index in [-0.39, 0.29) is 27.4 Å². The molecule has 0 atom stereocenters. The highest BCUT2D eigenvalue weighted by molar-refractivity contribution is 7.93. The summed E-state index contributed by atoms with van der Waals surface area (Å²) in [6.45, 7) is 11.8. The third-order valence-electron chi connectivity index (χ3n) is 9.01. The van der Waals surface area contributed by atoms with Gasteiger partial charge < -0.3 is 9.47 Å². The van der Waals surface area contributed by atoms with Crippen LogP contribution in [0.5, 0.6) is 0 Å². The van der Waals surface area contributed by atoms with Gasteiger partial charge in [-0.1, -0.05) is 34.6 Å². The Bertz CT molecular complexity index is 931. The second-order valence-corrected chi connectivity index (χ2v) is 17.5. The number of rotatable bonds is 7. The number of nitrogens with zero attached hydrogens (tertiary/aromatic N) is 1. The van der Waals surface area contributed by atoms with Crippen LogP contribution in [0.2, 0.25) is 0 Å². The summed E-state index contributed by atoms with van der Waals surface area (Å²) in [7, 11) is -3.15. The van der Waals surface area contributed by atoms with Gasteiger partial charge >= 0.3 is 0 Å². The van der Waals surface area contributed by atoms with E-state index in [1.54, 1.807) is 7.11 Å². The summed E-state index contributed by atoms with van der Waals surface area (Å²) in [5.74, 6) is 1.92. The highest BCUT2D eigenvalue weighted by atomic mass is 32.2. The summed E-state index contributed by atoms with van der Waals surface area (Å²) >= 11 is 0. The molecule has 0 aromatic heterocycles. The van der Waals surface area contributed by atoms with E-state index in [9.17, 15) is 12.6 Å². The molecular weight excluding hydrogens is 446 g/mol. The second-order valence-electron chi connectivity index (χ2n) is 12.8. The van der Waals surface area contributed by atoms with Gasteiger partial charge in [0.05, 0.1) is 28.7 Å². The van der Waals surface area contributed by atoms with Crippen LogP contribution in [0.4, 0.5) is 0 Å². The SMILES string of the molecule is COC1(C(C)(C)CCOC2(C(C)(C)C)CCS(=O)(=NC3CC3)CC2)CC2(C1)CS(=O)(=O)C2. The van der Waals surface area contributed by atoms with E-state index < -0.39 is 19.6 Å². The van der Waals surface area contributed by atoms with Crippen LogP contribution in [0.15, 0.2) is 4.36 Å². The van der Waals surface area contributed by atoms with Crippen LogP contribution in [0.3, 0.4) is 0 Å². The predicted octanol–water partition coefficient (Wildman–Crippen LogP) is 4.22. The van der Waals surface area contributed by atoms with Gasteiger partial charge in [-0.05, 0) is 55.8 Å². The first-order valence-corrected chi connectivity index (χ1v) is 15.9. The monoisotopic (exact) mass is 489 g/mol. The summed E-state index contributed by atoms with van der Waals surface area (Å²) in [6, 6.07) is 0.341. The molecule has 0 radical (unpaired) electrons. The van der Waals surface area contributed by atoms with Crippen LogP contribution in [-0.2, 0) is 29.0 Å². The van der Waals surface area contributed by atoms with E-state index in [0.29, 0.717) is 35.7 Å². The number of hydrogen-bond acceptors (Lipinski definition) is 6. The fourth-order valence-corrected chi connectivity index (χ4v) is 11.1. The first kappa shape index (κ1) is 24.9. The summed E-state index contributed by atoms with van der Waals surface area (Å²) < 4.78 is 54.1. The average Bonchev–Trinajstić information content (AvgIpc) is 3.41. The molecule has 2 aliphatic heterocycles. The Labute approximate surface area is 195 Å². The Morgan fingerprint density at radius 3 is 1.94 bits per heavy atom. The predicted molar refractivity (Wildman–Crippen MR) is 129 cm³/mol. The molecule has 2 aliphatic carbocycles. The highest BCUT2D eigenvalue weighted by Crippen LogP contribution is 2.63. The van der Waals surface area contributed by atoms with Gasteiger partial charge in [0.1, 0.15) is 0 Å². The lowest BCUT2D eigenvalue weighted by molar-refractivity contribution is -0.215. The lowest BCUT2D eigenvalue weighted by Crippen LogP contribution is -2.69. The first-order chi connectivity index (χ1) is 14.6. The van der Waals surface area contributed by atoms with Crippen molar-refractivity contribution in [1.29, 1.82) is 0 Å². The van der Waals surface area contributed by atoms with Crippen molar-refractivity contribution in [3.63, 3.8) is 0 Å². The summed E-state index contributed by atoms with van der Waals surface area (Å²) in [5.41, 5.74) is -0.794. The van der Waals surface area contributed by atoms with Gasteiger partial charge in [0, 0.05) is 40.4 Å². The number of ether oxygens (including phenoxy) is 2. The molecule has 6 nitrogen and oxygen atoms in total.